The number of benzene rings is 2. The smallest absolute Gasteiger partial charge is 0.255 e. The molecule has 2 aromatic carbocycles. The number of carbonyl (C=O) groups excluding carboxylic acids is 2. The summed E-state index contributed by atoms with van der Waals surface area (Å²) in [5.74, 6) is -2.21. The van der Waals surface area contributed by atoms with Crippen molar-refractivity contribution < 1.29 is 23.5 Å². The van der Waals surface area contributed by atoms with Crippen molar-refractivity contribution in [3.05, 3.63) is 82.2 Å². The highest BCUT2D eigenvalue weighted by atomic mass is 19.1. The number of fused-ring (bicyclic) bond motifs is 1. The van der Waals surface area contributed by atoms with Crippen LogP contribution in [0, 0.1) is 11.6 Å². The summed E-state index contributed by atoms with van der Waals surface area (Å²) in [5.41, 5.74) is 2.51. The van der Waals surface area contributed by atoms with E-state index < -0.39 is 11.6 Å². The first-order valence-electron chi connectivity index (χ1n) is 11.1. The molecule has 1 aromatic heterocycles. The highest BCUT2D eigenvalue weighted by molar-refractivity contribution is 5.99. The number of β-amino-alcohol motifs (C(OH)–C–C–N with tert-alkyl or cyclic N) is 1. The Hall–Kier alpha value is -3.72. The lowest BCUT2D eigenvalue weighted by atomic mass is 9.95. The molecule has 0 bridgehead atoms. The van der Waals surface area contributed by atoms with Gasteiger partial charge >= 0.3 is 0 Å². The van der Waals surface area contributed by atoms with Gasteiger partial charge in [-0.25, -0.2) is 18.7 Å². The minimum absolute atomic E-state index is 0.00338. The zero-order valence-electron chi connectivity index (χ0n) is 18.2. The summed E-state index contributed by atoms with van der Waals surface area (Å²) in [6.07, 6.45) is 0.951. The van der Waals surface area contributed by atoms with E-state index in [-0.39, 0.29) is 48.7 Å². The van der Waals surface area contributed by atoms with Gasteiger partial charge < -0.3 is 15.3 Å². The lowest BCUT2D eigenvalue weighted by molar-refractivity contribution is -0.129. The quantitative estimate of drug-likeness (QED) is 0.585. The van der Waals surface area contributed by atoms with Crippen LogP contribution in [-0.2, 0) is 17.8 Å². The lowest BCUT2D eigenvalue weighted by Crippen LogP contribution is -2.29. The molecule has 5 rings (SSSR count). The Kier molecular flexibility index (Phi) is 5.79. The van der Waals surface area contributed by atoms with Gasteiger partial charge in [-0.3, -0.25) is 9.59 Å². The number of hydrogen-bond donors (Lipinski definition) is 2. The number of aliphatic hydroxyl groups is 1. The molecular weight excluding hydrogens is 442 g/mol. The van der Waals surface area contributed by atoms with Crippen LogP contribution in [0.3, 0.4) is 0 Å². The zero-order chi connectivity index (χ0) is 23.8. The number of likely N-dealkylation sites (tertiary alicyclic amines) is 1. The van der Waals surface area contributed by atoms with Gasteiger partial charge in [0.05, 0.1) is 41.6 Å². The fourth-order valence-electron chi connectivity index (χ4n) is 4.60. The van der Waals surface area contributed by atoms with Crippen LogP contribution in [-0.4, -0.2) is 51.5 Å². The molecule has 1 saturated heterocycles. The second-order valence-corrected chi connectivity index (χ2v) is 8.40. The fourth-order valence-corrected chi connectivity index (χ4v) is 4.60. The summed E-state index contributed by atoms with van der Waals surface area (Å²) in [5, 5.41) is 11.8. The zero-order valence-corrected chi connectivity index (χ0v) is 18.2. The number of hydrogen-bond acceptors (Lipinski definition) is 5. The molecule has 174 valence electrons. The van der Waals surface area contributed by atoms with E-state index in [2.05, 4.69) is 15.3 Å². The Labute approximate surface area is 194 Å². The first-order valence-corrected chi connectivity index (χ1v) is 11.1. The molecule has 3 heterocycles. The van der Waals surface area contributed by atoms with Gasteiger partial charge in [-0.15, -0.1) is 0 Å². The molecule has 0 saturated carbocycles. The van der Waals surface area contributed by atoms with E-state index in [1.54, 1.807) is 4.90 Å². The van der Waals surface area contributed by atoms with Crippen molar-refractivity contribution in [2.75, 3.05) is 19.7 Å². The molecule has 0 spiro atoms. The van der Waals surface area contributed by atoms with Crippen molar-refractivity contribution in [3.8, 4) is 11.4 Å². The van der Waals surface area contributed by atoms with Crippen molar-refractivity contribution in [2.45, 2.75) is 25.3 Å². The van der Waals surface area contributed by atoms with Gasteiger partial charge in [-0.1, -0.05) is 30.3 Å². The van der Waals surface area contributed by atoms with Crippen LogP contribution in [0.2, 0.25) is 0 Å². The summed E-state index contributed by atoms with van der Waals surface area (Å²) < 4.78 is 28.8. The Morgan fingerprint density at radius 3 is 2.47 bits per heavy atom. The van der Waals surface area contributed by atoms with Crippen molar-refractivity contribution >= 4 is 11.8 Å². The summed E-state index contributed by atoms with van der Waals surface area (Å²) >= 11 is 0. The fraction of sp³-hybridized carbons (Fsp3) is 0.280. The van der Waals surface area contributed by atoms with Crippen molar-refractivity contribution in [1.29, 1.82) is 0 Å². The number of halogens is 2. The highest BCUT2D eigenvalue weighted by Gasteiger charge is 2.32. The Balaban J connectivity index is 1.45. The predicted molar refractivity (Wildman–Crippen MR) is 119 cm³/mol. The van der Waals surface area contributed by atoms with E-state index in [1.807, 2.05) is 24.3 Å². The minimum Gasteiger partial charge on any atom is -0.395 e. The van der Waals surface area contributed by atoms with E-state index in [0.29, 0.717) is 36.5 Å². The Bertz CT molecular complexity index is 1260. The molecule has 2 amide bonds. The average molecular weight is 464 g/mol. The molecule has 7 nitrogen and oxygen atoms in total. The molecular formula is C25H22F2N4O3. The second kappa shape index (κ2) is 8.90. The van der Waals surface area contributed by atoms with Crippen molar-refractivity contribution in [3.63, 3.8) is 0 Å². The van der Waals surface area contributed by atoms with Gasteiger partial charge in [0.1, 0.15) is 11.6 Å². The van der Waals surface area contributed by atoms with Gasteiger partial charge in [-0.05, 0) is 29.7 Å². The summed E-state index contributed by atoms with van der Waals surface area (Å²) in [6.45, 7) is 1.05. The molecule has 9 heteroatoms. The number of carbonyl (C=O) groups is 2. The third kappa shape index (κ3) is 3.92. The third-order valence-corrected chi connectivity index (χ3v) is 6.31. The van der Waals surface area contributed by atoms with Crippen LogP contribution >= 0.6 is 0 Å². The third-order valence-electron chi connectivity index (χ3n) is 6.31. The van der Waals surface area contributed by atoms with Gasteiger partial charge in [0.25, 0.3) is 5.91 Å². The van der Waals surface area contributed by atoms with E-state index in [9.17, 15) is 18.4 Å². The standard InChI is InChI=1S/C25H22F2N4O3/c26-17-2-1-3-18(27)21(17)23-29-19(22-20(30-23)13-28-24(22)33)12-14-4-6-15(7-5-14)16-8-9-31(10-11-32)25(16)34/h1-7,16,32H,8-13H2,(H,28,33). The van der Waals surface area contributed by atoms with Crippen LogP contribution in [0.15, 0.2) is 42.5 Å². The number of aromatic nitrogens is 2. The molecule has 1 atom stereocenters. The Morgan fingerprint density at radius 1 is 1.03 bits per heavy atom. The summed E-state index contributed by atoms with van der Waals surface area (Å²) in [4.78, 5) is 35.3. The summed E-state index contributed by atoms with van der Waals surface area (Å²) in [6, 6.07) is 11.0. The topological polar surface area (TPSA) is 95.4 Å². The van der Waals surface area contributed by atoms with Gasteiger partial charge in [0.15, 0.2) is 5.82 Å². The minimum atomic E-state index is -0.774. The second-order valence-electron chi connectivity index (χ2n) is 8.40. The van der Waals surface area contributed by atoms with E-state index in [4.69, 9.17) is 5.11 Å². The number of nitrogens with zero attached hydrogens (tertiary/aromatic N) is 3. The van der Waals surface area contributed by atoms with Gasteiger partial charge in [0, 0.05) is 19.5 Å². The molecule has 2 aliphatic rings. The maximum absolute atomic E-state index is 14.4. The normalized spacial score (nSPS) is 17.3. The van der Waals surface area contributed by atoms with Crippen LogP contribution in [0.5, 0.6) is 0 Å². The van der Waals surface area contributed by atoms with Crippen LogP contribution < -0.4 is 5.32 Å². The largest absolute Gasteiger partial charge is 0.395 e. The van der Waals surface area contributed by atoms with Crippen LogP contribution in [0.1, 0.15) is 45.2 Å². The van der Waals surface area contributed by atoms with Gasteiger partial charge in [-0.2, -0.15) is 0 Å². The highest BCUT2D eigenvalue weighted by Crippen LogP contribution is 2.30. The first kappa shape index (κ1) is 22.1. The predicted octanol–water partition coefficient (Wildman–Crippen LogP) is 2.56. The number of amides is 2. The maximum Gasteiger partial charge on any atom is 0.255 e. The Morgan fingerprint density at radius 2 is 1.76 bits per heavy atom. The number of aliphatic hydroxyl groups excluding tert-OH is 1. The number of nitrogens with one attached hydrogen (secondary N) is 1. The maximum atomic E-state index is 14.4. The van der Waals surface area contributed by atoms with Crippen molar-refractivity contribution in [1.82, 2.24) is 20.2 Å². The average Bonchev–Trinajstić information content (AvgIpc) is 3.37. The summed E-state index contributed by atoms with van der Waals surface area (Å²) in [7, 11) is 0. The molecule has 1 fully saturated rings. The SMILES string of the molecule is O=C1NCc2nc(-c3c(F)cccc3F)nc(Cc3ccc(C4CCN(CCO)C4=O)cc3)c21. The van der Waals surface area contributed by atoms with Crippen LogP contribution in [0.4, 0.5) is 8.78 Å². The van der Waals surface area contributed by atoms with Crippen LogP contribution in [0.25, 0.3) is 11.4 Å². The molecule has 0 aliphatic carbocycles. The van der Waals surface area contributed by atoms with E-state index in [0.717, 1.165) is 23.3 Å². The lowest BCUT2D eigenvalue weighted by Gasteiger charge is -2.15. The monoisotopic (exact) mass is 464 g/mol. The van der Waals surface area contributed by atoms with E-state index >= 15 is 0 Å². The van der Waals surface area contributed by atoms with Crippen molar-refractivity contribution in [2.24, 2.45) is 0 Å². The first-order chi connectivity index (χ1) is 16.5. The van der Waals surface area contributed by atoms with E-state index in [1.165, 1.54) is 6.07 Å². The molecule has 1 unspecified atom stereocenters. The van der Waals surface area contributed by atoms with Gasteiger partial charge in [0.2, 0.25) is 5.91 Å². The molecule has 3 aromatic rings. The number of rotatable bonds is 6. The molecule has 2 N–H and O–H groups in total. The molecule has 2 aliphatic heterocycles. The molecule has 34 heavy (non-hydrogen) atoms. The molecule has 0 radical (unpaired) electrons.